The van der Waals surface area contributed by atoms with Crippen LogP contribution in [0.1, 0.15) is 21.7 Å². The van der Waals surface area contributed by atoms with Crippen LogP contribution in [0.3, 0.4) is 0 Å². The number of carbonyl (C=O) groups is 2. The molecule has 2 amide bonds. The van der Waals surface area contributed by atoms with E-state index in [0.717, 1.165) is 5.56 Å². The molecule has 7 nitrogen and oxygen atoms in total. The first-order valence-corrected chi connectivity index (χ1v) is 10.7. The van der Waals surface area contributed by atoms with Crippen molar-refractivity contribution in [1.82, 2.24) is 20.1 Å². The number of rotatable bonds is 7. The molecule has 2 N–H and O–H groups in total. The van der Waals surface area contributed by atoms with Crippen LogP contribution in [0.2, 0.25) is 10.0 Å². The molecule has 0 atom stereocenters. The first kappa shape index (κ1) is 22.1. The van der Waals surface area contributed by atoms with Crippen LogP contribution in [-0.4, -0.2) is 32.3 Å². The lowest BCUT2D eigenvalue weighted by Crippen LogP contribution is -2.24. The van der Waals surface area contributed by atoms with Gasteiger partial charge in [0.1, 0.15) is 0 Å². The second-order valence-electron chi connectivity index (χ2n) is 6.42. The fourth-order valence-corrected chi connectivity index (χ4v) is 3.69. The summed E-state index contributed by atoms with van der Waals surface area (Å²) in [4.78, 5) is 24.5. The maximum Gasteiger partial charge on any atom is 0.253 e. The molecule has 0 aliphatic heterocycles. The van der Waals surface area contributed by atoms with Crippen molar-refractivity contribution >= 4 is 52.5 Å². The Labute approximate surface area is 188 Å². The van der Waals surface area contributed by atoms with E-state index >= 15 is 0 Å². The molecule has 30 heavy (non-hydrogen) atoms. The molecule has 0 bridgehead atoms. The zero-order valence-electron chi connectivity index (χ0n) is 16.3. The van der Waals surface area contributed by atoms with Crippen LogP contribution in [0.25, 0.3) is 0 Å². The number of carbonyl (C=O) groups excluding carboxylic acids is 2. The molecule has 1 heterocycles. The fraction of sp³-hybridized carbons (Fsp3) is 0.200. The number of hydrogen-bond acceptors (Lipinski definition) is 5. The Kier molecular flexibility index (Phi) is 7.36. The summed E-state index contributed by atoms with van der Waals surface area (Å²) < 4.78 is 1.73. The zero-order chi connectivity index (χ0) is 21.7. The van der Waals surface area contributed by atoms with E-state index in [9.17, 15) is 9.59 Å². The number of nitrogens with zero attached hydrogens (tertiary/aromatic N) is 3. The Morgan fingerprint density at radius 1 is 1.13 bits per heavy atom. The summed E-state index contributed by atoms with van der Waals surface area (Å²) in [6, 6.07) is 12.1. The van der Waals surface area contributed by atoms with Gasteiger partial charge in [-0.2, -0.15) is 0 Å². The summed E-state index contributed by atoms with van der Waals surface area (Å²) in [7, 11) is 1.78. The SMILES string of the molecule is Cc1ccc(Cl)cc1NC(=O)CSc1nnc(CNC(=O)c2ccccc2Cl)n1C. The van der Waals surface area contributed by atoms with Gasteiger partial charge in [0, 0.05) is 17.8 Å². The number of benzene rings is 2. The van der Waals surface area contributed by atoms with Crippen molar-refractivity contribution in [2.45, 2.75) is 18.6 Å². The van der Waals surface area contributed by atoms with Crippen LogP contribution >= 0.6 is 35.0 Å². The van der Waals surface area contributed by atoms with Crippen molar-refractivity contribution in [3.05, 3.63) is 69.5 Å². The quantitative estimate of drug-likeness (QED) is 0.515. The highest BCUT2D eigenvalue weighted by molar-refractivity contribution is 7.99. The van der Waals surface area contributed by atoms with Gasteiger partial charge >= 0.3 is 0 Å². The van der Waals surface area contributed by atoms with Gasteiger partial charge in [0.25, 0.3) is 5.91 Å². The molecule has 0 unspecified atom stereocenters. The molecule has 3 aromatic rings. The van der Waals surface area contributed by atoms with Crippen LogP contribution in [0.4, 0.5) is 5.69 Å². The van der Waals surface area contributed by atoms with E-state index in [1.54, 1.807) is 48.0 Å². The number of anilines is 1. The predicted molar refractivity (Wildman–Crippen MR) is 119 cm³/mol. The molecule has 0 radical (unpaired) electrons. The molecule has 0 spiro atoms. The third-order valence-corrected chi connectivity index (χ3v) is 5.84. The molecule has 0 aliphatic carbocycles. The van der Waals surface area contributed by atoms with Gasteiger partial charge in [-0.1, -0.05) is 53.2 Å². The van der Waals surface area contributed by atoms with Gasteiger partial charge in [-0.3, -0.25) is 9.59 Å². The van der Waals surface area contributed by atoms with Crippen LogP contribution in [0.5, 0.6) is 0 Å². The monoisotopic (exact) mass is 463 g/mol. The Hall–Kier alpha value is -2.55. The molecular formula is C20H19Cl2N5O2S. The topological polar surface area (TPSA) is 88.9 Å². The number of aromatic nitrogens is 3. The molecule has 0 fully saturated rings. The van der Waals surface area contributed by atoms with Gasteiger partial charge in [-0.15, -0.1) is 10.2 Å². The molecule has 10 heteroatoms. The normalized spacial score (nSPS) is 10.7. The average molecular weight is 464 g/mol. The van der Waals surface area contributed by atoms with Crippen LogP contribution < -0.4 is 10.6 Å². The van der Waals surface area contributed by atoms with Crippen LogP contribution in [-0.2, 0) is 18.4 Å². The molecular weight excluding hydrogens is 445 g/mol. The average Bonchev–Trinajstić information content (AvgIpc) is 3.07. The highest BCUT2D eigenvalue weighted by Gasteiger charge is 2.14. The largest absolute Gasteiger partial charge is 0.345 e. The molecule has 156 valence electrons. The minimum atomic E-state index is -0.297. The molecule has 2 aromatic carbocycles. The van der Waals surface area contributed by atoms with E-state index in [1.807, 2.05) is 13.0 Å². The number of hydrogen-bond donors (Lipinski definition) is 2. The van der Waals surface area contributed by atoms with E-state index in [4.69, 9.17) is 23.2 Å². The number of aryl methyl sites for hydroxylation is 1. The standard InChI is InChI=1S/C20H19Cl2N5O2S/c1-12-7-8-13(21)9-16(12)24-18(28)11-30-20-26-25-17(27(20)2)10-23-19(29)14-5-3-4-6-15(14)22/h3-9H,10-11H2,1-2H3,(H,23,29)(H,24,28). The third kappa shape index (κ3) is 5.53. The Morgan fingerprint density at radius 2 is 1.90 bits per heavy atom. The Balaban J connectivity index is 1.55. The molecule has 3 rings (SSSR count). The van der Waals surface area contributed by atoms with Crippen LogP contribution in [0, 0.1) is 6.92 Å². The van der Waals surface area contributed by atoms with E-state index in [-0.39, 0.29) is 24.1 Å². The summed E-state index contributed by atoms with van der Waals surface area (Å²) in [5.74, 6) is 0.240. The van der Waals surface area contributed by atoms with Crippen LogP contribution in [0.15, 0.2) is 47.6 Å². The fourth-order valence-electron chi connectivity index (χ4n) is 2.57. The van der Waals surface area contributed by atoms with Crippen molar-refractivity contribution in [3.63, 3.8) is 0 Å². The Bertz CT molecular complexity index is 1090. The van der Waals surface area contributed by atoms with Crippen molar-refractivity contribution < 1.29 is 9.59 Å². The van der Waals surface area contributed by atoms with Crippen molar-refractivity contribution in [2.75, 3.05) is 11.1 Å². The number of nitrogens with one attached hydrogen (secondary N) is 2. The first-order chi connectivity index (χ1) is 14.3. The number of thioether (sulfide) groups is 1. The van der Waals surface area contributed by atoms with Gasteiger partial charge in [-0.05, 0) is 36.8 Å². The highest BCUT2D eigenvalue weighted by atomic mass is 35.5. The van der Waals surface area contributed by atoms with Gasteiger partial charge in [-0.25, -0.2) is 0 Å². The summed E-state index contributed by atoms with van der Waals surface area (Å²) in [5, 5.41) is 15.3. The smallest absolute Gasteiger partial charge is 0.253 e. The second-order valence-corrected chi connectivity index (χ2v) is 8.20. The summed E-state index contributed by atoms with van der Waals surface area (Å²) in [6.07, 6.45) is 0. The minimum Gasteiger partial charge on any atom is -0.345 e. The summed E-state index contributed by atoms with van der Waals surface area (Å²) in [6.45, 7) is 2.08. The first-order valence-electron chi connectivity index (χ1n) is 8.95. The lowest BCUT2D eigenvalue weighted by Gasteiger charge is -2.09. The van der Waals surface area contributed by atoms with Gasteiger partial charge in [0.15, 0.2) is 11.0 Å². The predicted octanol–water partition coefficient (Wildman–Crippen LogP) is 4.09. The van der Waals surface area contributed by atoms with Gasteiger partial charge < -0.3 is 15.2 Å². The van der Waals surface area contributed by atoms with E-state index in [2.05, 4.69) is 20.8 Å². The van der Waals surface area contributed by atoms with Gasteiger partial charge in [0.05, 0.1) is 22.9 Å². The lowest BCUT2D eigenvalue weighted by atomic mass is 10.2. The zero-order valence-corrected chi connectivity index (χ0v) is 18.6. The lowest BCUT2D eigenvalue weighted by molar-refractivity contribution is -0.113. The van der Waals surface area contributed by atoms with Crippen molar-refractivity contribution in [1.29, 1.82) is 0 Å². The third-order valence-electron chi connectivity index (χ3n) is 4.26. The van der Waals surface area contributed by atoms with Crippen molar-refractivity contribution in [2.24, 2.45) is 7.05 Å². The molecule has 0 aliphatic rings. The number of amides is 2. The summed E-state index contributed by atoms with van der Waals surface area (Å²) in [5.41, 5.74) is 1.99. The number of halogens is 2. The Morgan fingerprint density at radius 3 is 2.67 bits per heavy atom. The second kappa shape index (κ2) is 9.97. The molecule has 0 saturated carbocycles. The summed E-state index contributed by atoms with van der Waals surface area (Å²) >= 11 is 13.3. The van der Waals surface area contributed by atoms with Gasteiger partial charge in [0.2, 0.25) is 5.91 Å². The van der Waals surface area contributed by atoms with E-state index in [1.165, 1.54) is 11.8 Å². The maximum atomic E-state index is 12.3. The molecule has 1 aromatic heterocycles. The van der Waals surface area contributed by atoms with Crippen molar-refractivity contribution in [3.8, 4) is 0 Å². The maximum absolute atomic E-state index is 12.3. The molecule has 0 saturated heterocycles. The van der Waals surface area contributed by atoms with E-state index < -0.39 is 0 Å². The highest BCUT2D eigenvalue weighted by Crippen LogP contribution is 2.21. The van der Waals surface area contributed by atoms with E-state index in [0.29, 0.717) is 32.3 Å². The minimum absolute atomic E-state index is 0.157.